The van der Waals surface area contributed by atoms with Crippen molar-refractivity contribution in [3.63, 3.8) is 0 Å². The van der Waals surface area contributed by atoms with E-state index in [0.29, 0.717) is 0 Å². The maximum Gasteiger partial charge on any atom is 0.258 e. The summed E-state index contributed by atoms with van der Waals surface area (Å²) in [7, 11) is 2.02. The van der Waals surface area contributed by atoms with E-state index >= 15 is 0 Å². The van der Waals surface area contributed by atoms with Crippen molar-refractivity contribution in [2.75, 3.05) is 7.05 Å². The highest BCUT2D eigenvalue weighted by molar-refractivity contribution is 6.31. The van der Waals surface area contributed by atoms with Crippen LogP contribution in [0.3, 0.4) is 0 Å². The topological polar surface area (TPSA) is 29.2 Å². The molecule has 0 aromatic heterocycles. The van der Waals surface area contributed by atoms with Gasteiger partial charge in [0.25, 0.3) is 5.84 Å². The summed E-state index contributed by atoms with van der Waals surface area (Å²) in [5.41, 5.74) is 1.02. The number of nitrogens with one attached hydrogen (secondary N) is 1. The van der Waals surface area contributed by atoms with E-state index in [-0.39, 0.29) is 0 Å². The van der Waals surface area contributed by atoms with Gasteiger partial charge in [0.05, 0.1) is 12.6 Å². The molecule has 0 fully saturated rings. The van der Waals surface area contributed by atoms with E-state index in [1.807, 2.05) is 38.2 Å². The standard InChI is InChI=1S/C10H10ClN3/c1-7-12-13-10(14(7)2)8-4-3-5-9(11)6-8/h3-6H,1-2H3/p+1. The second-order valence-corrected chi connectivity index (χ2v) is 3.71. The number of hydrogen-bond donors (Lipinski definition) is 1. The van der Waals surface area contributed by atoms with Gasteiger partial charge < -0.3 is 0 Å². The lowest BCUT2D eigenvalue weighted by Gasteiger charge is -2.07. The van der Waals surface area contributed by atoms with Crippen LogP contribution in [0.25, 0.3) is 0 Å². The molecule has 1 atom stereocenters. The lowest BCUT2D eigenvalue weighted by molar-refractivity contribution is -0.671. The zero-order valence-corrected chi connectivity index (χ0v) is 8.84. The van der Waals surface area contributed by atoms with Gasteiger partial charge >= 0.3 is 0 Å². The Hall–Kier alpha value is -1.19. The molecule has 0 aliphatic carbocycles. The van der Waals surface area contributed by atoms with Crippen LogP contribution in [0.5, 0.6) is 0 Å². The molecule has 1 aromatic rings. The summed E-state index contributed by atoms with van der Waals surface area (Å²) in [4.78, 5) is 1.12. The monoisotopic (exact) mass is 208 g/mol. The summed E-state index contributed by atoms with van der Waals surface area (Å²) in [6, 6.07) is 7.66. The van der Waals surface area contributed by atoms with E-state index in [2.05, 4.69) is 10.2 Å². The molecule has 0 amide bonds. The van der Waals surface area contributed by atoms with Gasteiger partial charge in [0.1, 0.15) is 0 Å². The number of hydrogen-bond acceptors (Lipinski definition) is 2. The van der Waals surface area contributed by atoms with Gasteiger partial charge in [0, 0.05) is 11.9 Å². The Labute approximate surface area is 87.7 Å². The highest BCUT2D eigenvalue weighted by atomic mass is 35.5. The summed E-state index contributed by atoms with van der Waals surface area (Å²) in [6.45, 7) is 1.95. The molecule has 0 bridgehead atoms. The fraction of sp³-hybridized carbons (Fsp3) is 0.200. The van der Waals surface area contributed by atoms with Gasteiger partial charge in [0.15, 0.2) is 0 Å². The van der Waals surface area contributed by atoms with Crippen LogP contribution in [0.15, 0.2) is 34.5 Å². The van der Waals surface area contributed by atoms with Crippen LogP contribution in [0.1, 0.15) is 12.5 Å². The summed E-state index contributed by atoms with van der Waals surface area (Å²) in [5, 5.41) is 8.87. The quantitative estimate of drug-likeness (QED) is 0.712. The summed E-state index contributed by atoms with van der Waals surface area (Å²) < 4.78 is 0. The third kappa shape index (κ3) is 1.56. The van der Waals surface area contributed by atoms with Crippen LogP contribution >= 0.6 is 11.6 Å². The van der Waals surface area contributed by atoms with Crippen molar-refractivity contribution in [2.24, 2.45) is 10.2 Å². The molecule has 0 radical (unpaired) electrons. The van der Waals surface area contributed by atoms with Crippen LogP contribution in [0, 0.1) is 0 Å². The highest BCUT2D eigenvalue weighted by Gasteiger charge is 2.23. The van der Waals surface area contributed by atoms with Crippen LogP contribution in [-0.2, 0) is 0 Å². The van der Waals surface area contributed by atoms with Crippen molar-refractivity contribution in [3.05, 3.63) is 34.9 Å². The molecule has 3 nitrogen and oxygen atoms in total. The third-order valence-corrected chi connectivity index (χ3v) is 2.53. The predicted molar refractivity (Wildman–Crippen MR) is 58.0 cm³/mol. The Morgan fingerprint density at radius 3 is 2.64 bits per heavy atom. The fourth-order valence-corrected chi connectivity index (χ4v) is 1.55. The summed E-state index contributed by atoms with van der Waals surface area (Å²) in [6.07, 6.45) is 0. The Bertz CT molecular complexity index is 423. The number of benzene rings is 1. The Kier molecular flexibility index (Phi) is 2.35. The number of quaternary nitrogens is 1. The maximum absolute atomic E-state index is 5.91. The van der Waals surface area contributed by atoms with Crippen LogP contribution in [-0.4, -0.2) is 18.7 Å². The minimum Gasteiger partial charge on any atom is -0.241 e. The van der Waals surface area contributed by atoms with Crippen molar-refractivity contribution in [1.29, 1.82) is 0 Å². The Morgan fingerprint density at radius 2 is 2.07 bits per heavy atom. The normalized spacial score (nSPS) is 20.6. The van der Waals surface area contributed by atoms with Crippen LogP contribution in [0.2, 0.25) is 5.02 Å². The fourth-order valence-electron chi connectivity index (χ4n) is 1.36. The van der Waals surface area contributed by atoms with Crippen LogP contribution in [0.4, 0.5) is 0 Å². The van der Waals surface area contributed by atoms with Crippen molar-refractivity contribution in [2.45, 2.75) is 6.92 Å². The first-order valence-electron chi connectivity index (χ1n) is 4.41. The second-order valence-electron chi connectivity index (χ2n) is 3.27. The summed E-state index contributed by atoms with van der Waals surface area (Å²) >= 11 is 5.91. The molecule has 1 aliphatic heterocycles. The first-order chi connectivity index (χ1) is 6.68. The zero-order valence-electron chi connectivity index (χ0n) is 8.08. The van der Waals surface area contributed by atoms with Crippen molar-refractivity contribution < 1.29 is 4.90 Å². The van der Waals surface area contributed by atoms with E-state index in [9.17, 15) is 0 Å². The number of halogens is 1. The van der Waals surface area contributed by atoms with Crippen molar-refractivity contribution in [3.8, 4) is 0 Å². The van der Waals surface area contributed by atoms with Gasteiger partial charge in [-0.05, 0) is 18.2 Å². The largest absolute Gasteiger partial charge is 0.258 e. The molecule has 72 valence electrons. The van der Waals surface area contributed by atoms with Gasteiger partial charge in [0.2, 0.25) is 5.84 Å². The molecule has 1 aliphatic rings. The Morgan fingerprint density at radius 1 is 1.29 bits per heavy atom. The lowest BCUT2D eigenvalue weighted by atomic mass is 10.2. The van der Waals surface area contributed by atoms with E-state index in [4.69, 9.17) is 11.6 Å². The third-order valence-electron chi connectivity index (χ3n) is 2.30. The van der Waals surface area contributed by atoms with E-state index in [0.717, 1.165) is 27.2 Å². The molecule has 1 heterocycles. The minimum atomic E-state index is 0.725. The van der Waals surface area contributed by atoms with E-state index in [1.54, 1.807) is 0 Å². The van der Waals surface area contributed by atoms with Crippen LogP contribution < -0.4 is 4.90 Å². The molecule has 2 rings (SSSR count). The molecular formula is C10H11ClN3+. The molecular weight excluding hydrogens is 198 g/mol. The molecule has 1 aromatic carbocycles. The minimum absolute atomic E-state index is 0.725. The van der Waals surface area contributed by atoms with Gasteiger partial charge in [-0.25, -0.2) is 4.90 Å². The molecule has 0 spiro atoms. The van der Waals surface area contributed by atoms with Gasteiger partial charge in [-0.1, -0.05) is 27.9 Å². The number of amidine groups is 2. The second kappa shape index (κ2) is 3.52. The maximum atomic E-state index is 5.91. The average Bonchev–Trinajstić information content (AvgIpc) is 2.48. The number of rotatable bonds is 1. The van der Waals surface area contributed by atoms with E-state index in [1.165, 1.54) is 0 Å². The smallest absolute Gasteiger partial charge is 0.241 e. The van der Waals surface area contributed by atoms with Gasteiger partial charge in [-0.2, -0.15) is 0 Å². The predicted octanol–water partition coefficient (Wildman–Crippen LogP) is 0.948. The molecule has 4 heteroatoms. The van der Waals surface area contributed by atoms with E-state index < -0.39 is 0 Å². The first-order valence-corrected chi connectivity index (χ1v) is 4.79. The number of nitrogens with zero attached hydrogens (tertiary/aromatic N) is 2. The summed E-state index contributed by atoms with van der Waals surface area (Å²) in [5.74, 6) is 1.89. The van der Waals surface area contributed by atoms with Gasteiger partial charge in [-0.3, -0.25) is 0 Å². The average molecular weight is 209 g/mol. The van der Waals surface area contributed by atoms with Crippen molar-refractivity contribution in [1.82, 2.24) is 0 Å². The zero-order chi connectivity index (χ0) is 10.1. The molecule has 1 N–H and O–H groups in total. The van der Waals surface area contributed by atoms with Gasteiger partial charge in [-0.15, -0.1) is 0 Å². The SMILES string of the molecule is CC1=NN=C(c2cccc(Cl)c2)[NH+]1C. The first kappa shape index (κ1) is 9.37. The molecule has 1 unspecified atom stereocenters. The lowest BCUT2D eigenvalue weighted by Crippen LogP contribution is -3.12. The Balaban J connectivity index is 2.35. The highest BCUT2D eigenvalue weighted by Crippen LogP contribution is 2.10. The van der Waals surface area contributed by atoms with Crippen molar-refractivity contribution >= 4 is 23.3 Å². The molecule has 0 saturated heterocycles. The molecule has 14 heavy (non-hydrogen) atoms. The molecule has 0 saturated carbocycles.